The van der Waals surface area contributed by atoms with Crippen LogP contribution in [0.5, 0.6) is 5.88 Å². The van der Waals surface area contributed by atoms with Crippen LogP contribution in [0.15, 0.2) is 52.2 Å². The minimum atomic E-state index is -1.11. The van der Waals surface area contributed by atoms with Gasteiger partial charge in [-0.3, -0.25) is 4.99 Å². The number of guanidine groups is 1. The Bertz CT molecular complexity index is 686. The maximum absolute atomic E-state index is 10.5. The van der Waals surface area contributed by atoms with Crippen LogP contribution in [0, 0.1) is 0 Å². The number of rotatable bonds is 5. The Hall–Kier alpha value is -2.54. The number of hydrogen-bond donors (Lipinski definition) is 2. The molecular weight excluding hydrogens is 320 g/mol. The minimum absolute atomic E-state index is 0.0685. The van der Waals surface area contributed by atoms with Gasteiger partial charge in [0, 0.05) is 32.3 Å². The highest BCUT2D eigenvalue weighted by Gasteiger charge is 2.30. The number of hydrogen-bond acceptors (Lipinski definition) is 5. The smallest absolute Gasteiger partial charge is 0.213 e. The van der Waals surface area contributed by atoms with Crippen molar-refractivity contribution in [2.24, 2.45) is 4.99 Å². The molecule has 1 aliphatic rings. The SMILES string of the molecule is CN=C(NCC(C)(O)c1ccco1)N1CCC(Oc2ccccn2)C1. The number of nitrogens with one attached hydrogen (secondary N) is 1. The van der Waals surface area contributed by atoms with Crippen molar-refractivity contribution < 1.29 is 14.3 Å². The summed E-state index contributed by atoms with van der Waals surface area (Å²) < 4.78 is 11.2. The van der Waals surface area contributed by atoms with Crippen LogP contribution in [0.25, 0.3) is 0 Å². The Morgan fingerprint density at radius 2 is 2.36 bits per heavy atom. The molecule has 0 aliphatic carbocycles. The number of nitrogens with zero attached hydrogens (tertiary/aromatic N) is 3. The largest absolute Gasteiger partial charge is 0.472 e. The molecule has 2 aromatic rings. The van der Waals surface area contributed by atoms with Crippen molar-refractivity contribution in [1.82, 2.24) is 15.2 Å². The number of aromatic nitrogens is 1. The number of aliphatic imine (C=N–C) groups is 1. The summed E-state index contributed by atoms with van der Waals surface area (Å²) in [5.41, 5.74) is -1.11. The normalized spacial score (nSPS) is 20.4. The van der Waals surface area contributed by atoms with E-state index in [-0.39, 0.29) is 6.10 Å². The van der Waals surface area contributed by atoms with E-state index in [1.54, 1.807) is 38.6 Å². The van der Waals surface area contributed by atoms with Crippen LogP contribution in [-0.4, -0.2) is 53.7 Å². The molecule has 0 saturated carbocycles. The van der Waals surface area contributed by atoms with Gasteiger partial charge >= 0.3 is 0 Å². The van der Waals surface area contributed by atoms with Gasteiger partial charge < -0.3 is 24.5 Å². The molecule has 3 heterocycles. The first-order valence-electron chi connectivity index (χ1n) is 8.38. The third-order valence-corrected chi connectivity index (χ3v) is 4.22. The summed E-state index contributed by atoms with van der Waals surface area (Å²) in [6.07, 6.45) is 4.24. The summed E-state index contributed by atoms with van der Waals surface area (Å²) in [6.45, 7) is 3.57. The van der Waals surface area contributed by atoms with Crippen molar-refractivity contribution in [3.05, 3.63) is 48.6 Å². The summed E-state index contributed by atoms with van der Waals surface area (Å²) in [6, 6.07) is 9.16. The predicted molar refractivity (Wildman–Crippen MR) is 94.5 cm³/mol. The van der Waals surface area contributed by atoms with E-state index in [0.717, 1.165) is 25.5 Å². The quantitative estimate of drug-likeness (QED) is 0.633. The average molecular weight is 344 g/mol. The summed E-state index contributed by atoms with van der Waals surface area (Å²) in [5, 5.41) is 13.8. The van der Waals surface area contributed by atoms with Gasteiger partial charge in [-0.15, -0.1) is 0 Å². The lowest BCUT2D eigenvalue weighted by Crippen LogP contribution is -2.46. The topological polar surface area (TPSA) is 83.1 Å². The molecular formula is C18H24N4O3. The molecule has 2 aromatic heterocycles. The molecule has 2 unspecified atom stereocenters. The fraction of sp³-hybridized carbons (Fsp3) is 0.444. The zero-order chi connectivity index (χ0) is 17.7. The number of aliphatic hydroxyl groups is 1. The molecule has 7 heteroatoms. The maximum atomic E-state index is 10.5. The predicted octanol–water partition coefficient (Wildman–Crippen LogP) is 1.61. The van der Waals surface area contributed by atoms with E-state index < -0.39 is 5.60 Å². The molecule has 25 heavy (non-hydrogen) atoms. The van der Waals surface area contributed by atoms with Crippen molar-refractivity contribution in [2.75, 3.05) is 26.7 Å². The van der Waals surface area contributed by atoms with Crippen LogP contribution in [0.2, 0.25) is 0 Å². The third kappa shape index (κ3) is 4.30. The van der Waals surface area contributed by atoms with E-state index in [9.17, 15) is 5.11 Å². The van der Waals surface area contributed by atoms with Crippen molar-refractivity contribution in [2.45, 2.75) is 25.0 Å². The third-order valence-electron chi connectivity index (χ3n) is 4.22. The molecule has 0 amide bonds. The molecule has 1 saturated heterocycles. The molecule has 134 valence electrons. The zero-order valence-corrected chi connectivity index (χ0v) is 14.6. The molecule has 0 spiro atoms. The van der Waals surface area contributed by atoms with Gasteiger partial charge in [0.2, 0.25) is 5.88 Å². The van der Waals surface area contributed by atoms with Gasteiger partial charge in [0.25, 0.3) is 0 Å². The van der Waals surface area contributed by atoms with E-state index in [4.69, 9.17) is 9.15 Å². The van der Waals surface area contributed by atoms with Gasteiger partial charge in [-0.25, -0.2) is 4.98 Å². The van der Waals surface area contributed by atoms with Crippen LogP contribution in [0.1, 0.15) is 19.1 Å². The van der Waals surface area contributed by atoms with E-state index in [1.165, 1.54) is 0 Å². The first kappa shape index (κ1) is 17.3. The first-order valence-corrected chi connectivity index (χ1v) is 8.38. The lowest BCUT2D eigenvalue weighted by atomic mass is 10.0. The molecule has 2 N–H and O–H groups in total. The standard InChI is InChI=1S/C18H24N4O3/c1-18(23,15-6-5-11-24-15)13-21-17(19-2)22-10-8-14(12-22)25-16-7-3-4-9-20-16/h3-7,9,11,14,23H,8,10,12-13H2,1-2H3,(H,19,21). The molecule has 1 aliphatic heterocycles. The van der Waals surface area contributed by atoms with E-state index in [2.05, 4.69) is 20.2 Å². The van der Waals surface area contributed by atoms with E-state index in [1.807, 2.05) is 18.2 Å². The highest BCUT2D eigenvalue weighted by atomic mass is 16.5. The molecule has 0 bridgehead atoms. The van der Waals surface area contributed by atoms with Gasteiger partial charge in [-0.05, 0) is 25.1 Å². The Kier molecular flexibility index (Phi) is 5.23. The molecule has 2 atom stereocenters. The Labute approximate surface area is 147 Å². The number of ether oxygens (including phenoxy) is 1. The average Bonchev–Trinajstić information content (AvgIpc) is 3.29. The molecule has 1 fully saturated rings. The fourth-order valence-electron chi connectivity index (χ4n) is 2.86. The second-order valence-corrected chi connectivity index (χ2v) is 6.29. The fourth-order valence-corrected chi connectivity index (χ4v) is 2.86. The van der Waals surface area contributed by atoms with Crippen molar-refractivity contribution >= 4 is 5.96 Å². The second kappa shape index (κ2) is 7.57. The molecule has 3 rings (SSSR count). The van der Waals surface area contributed by atoms with Gasteiger partial charge in [0.05, 0.1) is 19.4 Å². The van der Waals surface area contributed by atoms with E-state index >= 15 is 0 Å². The lowest BCUT2D eigenvalue weighted by molar-refractivity contribution is 0.0380. The van der Waals surface area contributed by atoms with Gasteiger partial charge in [0.1, 0.15) is 17.5 Å². The number of furan rings is 1. The van der Waals surface area contributed by atoms with Crippen molar-refractivity contribution in [3.8, 4) is 5.88 Å². The van der Waals surface area contributed by atoms with Crippen molar-refractivity contribution in [1.29, 1.82) is 0 Å². The summed E-state index contributed by atoms with van der Waals surface area (Å²) >= 11 is 0. The van der Waals surface area contributed by atoms with E-state index in [0.29, 0.717) is 18.2 Å². The maximum Gasteiger partial charge on any atom is 0.213 e. The monoisotopic (exact) mass is 344 g/mol. The highest BCUT2D eigenvalue weighted by molar-refractivity contribution is 5.80. The first-order chi connectivity index (χ1) is 12.1. The molecule has 0 aromatic carbocycles. The summed E-state index contributed by atoms with van der Waals surface area (Å²) in [7, 11) is 1.73. The molecule has 0 radical (unpaired) electrons. The van der Waals surface area contributed by atoms with Gasteiger partial charge in [-0.2, -0.15) is 0 Å². The zero-order valence-electron chi connectivity index (χ0n) is 14.6. The molecule has 7 nitrogen and oxygen atoms in total. The summed E-state index contributed by atoms with van der Waals surface area (Å²) in [4.78, 5) is 10.6. The Morgan fingerprint density at radius 3 is 3.04 bits per heavy atom. The highest BCUT2D eigenvalue weighted by Crippen LogP contribution is 2.20. The lowest BCUT2D eigenvalue weighted by Gasteiger charge is -2.26. The van der Waals surface area contributed by atoms with Gasteiger partial charge in [-0.1, -0.05) is 6.07 Å². The van der Waals surface area contributed by atoms with Crippen LogP contribution in [0.3, 0.4) is 0 Å². The Morgan fingerprint density at radius 1 is 1.48 bits per heavy atom. The van der Waals surface area contributed by atoms with Crippen LogP contribution >= 0.6 is 0 Å². The Balaban J connectivity index is 1.54. The minimum Gasteiger partial charge on any atom is -0.472 e. The number of pyridine rings is 1. The second-order valence-electron chi connectivity index (χ2n) is 6.29. The van der Waals surface area contributed by atoms with Crippen molar-refractivity contribution in [3.63, 3.8) is 0 Å². The summed E-state index contributed by atoms with van der Waals surface area (Å²) in [5.74, 6) is 1.89. The number of likely N-dealkylation sites (tertiary alicyclic amines) is 1. The van der Waals surface area contributed by atoms with Crippen LogP contribution in [-0.2, 0) is 5.60 Å². The van der Waals surface area contributed by atoms with Crippen LogP contribution < -0.4 is 10.1 Å². The van der Waals surface area contributed by atoms with Gasteiger partial charge in [0.15, 0.2) is 5.96 Å². The van der Waals surface area contributed by atoms with Crippen LogP contribution in [0.4, 0.5) is 0 Å².